The van der Waals surface area contributed by atoms with E-state index in [-0.39, 0.29) is 18.4 Å². The average Bonchev–Trinajstić information content (AvgIpc) is 2.41. The van der Waals surface area contributed by atoms with E-state index in [1.807, 2.05) is 12.1 Å². The fourth-order valence-electron chi connectivity index (χ4n) is 2.17. The number of aliphatic carboxylic acids is 1. The lowest BCUT2D eigenvalue weighted by Gasteiger charge is -2.33. The van der Waals surface area contributed by atoms with Gasteiger partial charge in [-0.15, -0.1) is 0 Å². The van der Waals surface area contributed by atoms with Crippen LogP contribution in [0.5, 0.6) is 0 Å². The molecule has 0 bridgehead atoms. The van der Waals surface area contributed by atoms with E-state index in [9.17, 15) is 9.59 Å². The monoisotopic (exact) mass is 263 g/mol. The Morgan fingerprint density at radius 2 is 2.42 bits per heavy atom. The molecule has 0 aromatic carbocycles. The average molecular weight is 263 g/mol. The van der Waals surface area contributed by atoms with Crippen LogP contribution in [0.4, 0.5) is 4.79 Å². The second kappa shape index (κ2) is 6.17. The molecule has 1 aliphatic rings. The number of nitrogens with one attached hydrogen (secondary N) is 1. The van der Waals surface area contributed by atoms with E-state index in [0.717, 1.165) is 5.56 Å². The Hall–Kier alpha value is -2.11. The highest BCUT2D eigenvalue weighted by Gasteiger charge is 2.25. The molecule has 6 nitrogen and oxygen atoms in total. The number of carboxylic acid groups (broad SMARTS) is 1. The zero-order valence-electron chi connectivity index (χ0n) is 10.6. The molecule has 1 fully saturated rings. The molecule has 0 spiro atoms. The van der Waals surface area contributed by atoms with Gasteiger partial charge in [-0.05, 0) is 24.0 Å². The SMILES string of the molecule is O=C(O)CCC1CNC(=O)N(Cc2cccnc2)C1. The molecule has 102 valence electrons. The van der Waals surface area contributed by atoms with Gasteiger partial charge in [0.25, 0.3) is 0 Å². The minimum atomic E-state index is -0.796. The highest BCUT2D eigenvalue weighted by Crippen LogP contribution is 2.15. The van der Waals surface area contributed by atoms with Crippen molar-refractivity contribution in [1.82, 2.24) is 15.2 Å². The van der Waals surface area contributed by atoms with Crippen LogP contribution in [-0.2, 0) is 11.3 Å². The molecule has 2 amide bonds. The van der Waals surface area contributed by atoms with Gasteiger partial charge in [-0.1, -0.05) is 6.07 Å². The largest absolute Gasteiger partial charge is 0.481 e. The van der Waals surface area contributed by atoms with Gasteiger partial charge in [0.15, 0.2) is 0 Å². The quantitative estimate of drug-likeness (QED) is 0.833. The fourth-order valence-corrected chi connectivity index (χ4v) is 2.17. The van der Waals surface area contributed by atoms with Gasteiger partial charge in [-0.2, -0.15) is 0 Å². The number of carboxylic acids is 1. The fraction of sp³-hybridized carbons (Fsp3) is 0.462. The van der Waals surface area contributed by atoms with E-state index in [0.29, 0.717) is 26.1 Å². The van der Waals surface area contributed by atoms with Crippen LogP contribution in [0, 0.1) is 5.92 Å². The molecule has 2 N–H and O–H groups in total. The minimum Gasteiger partial charge on any atom is -0.481 e. The molecule has 1 aliphatic heterocycles. The summed E-state index contributed by atoms with van der Waals surface area (Å²) < 4.78 is 0. The molecule has 1 saturated heterocycles. The third-order valence-electron chi connectivity index (χ3n) is 3.17. The molecule has 1 aromatic rings. The molecule has 0 aliphatic carbocycles. The Morgan fingerprint density at radius 3 is 3.11 bits per heavy atom. The zero-order chi connectivity index (χ0) is 13.7. The van der Waals surface area contributed by atoms with Crippen molar-refractivity contribution in [3.63, 3.8) is 0 Å². The highest BCUT2D eigenvalue weighted by atomic mass is 16.4. The lowest BCUT2D eigenvalue weighted by atomic mass is 10.0. The second-order valence-electron chi connectivity index (χ2n) is 4.73. The van der Waals surface area contributed by atoms with Gasteiger partial charge in [0, 0.05) is 38.4 Å². The van der Waals surface area contributed by atoms with Gasteiger partial charge in [0.05, 0.1) is 0 Å². The molecule has 6 heteroatoms. The third-order valence-corrected chi connectivity index (χ3v) is 3.17. The molecule has 2 heterocycles. The van der Waals surface area contributed by atoms with Crippen molar-refractivity contribution in [2.75, 3.05) is 13.1 Å². The number of hydrogen-bond acceptors (Lipinski definition) is 3. The predicted octanol–water partition coefficient (Wildman–Crippen LogP) is 1.09. The van der Waals surface area contributed by atoms with E-state index in [4.69, 9.17) is 5.11 Å². The number of carbonyl (C=O) groups excluding carboxylic acids is 1. The van der Waals surface area contributed by atoms with Crippen LogP contribution >= 0.6 is 0 Å². The summed E-state index contributed by atoms with van der Waals surface area (Å²) in [6.45, 7) is 1.65. The van der Waals surface area contributed by atoms with Crippen molar-refractivity contribution in [2.24, 2.45) is 5.92 Å². The van der Waals surface area contributed by atoms with E-state index < -0.39 is 5.97 Å². The Balaban J connectivity index is 1.91. The summed E-state index contributed by atoms with van der Waals surface area (Å²) in [5.41, 5.74) is 0.969. The molecule has 19 heavy (non-hydrogen) atoms. The first-order valence-electron chi connectivity index (χ1n) is 6.28. The molecule has 0 saturated carbocycles. The van der Waals surface area contributed by atoms with Crippen LogP contribution < -0.4 is 5.32 Å². The molecule has 1 atom stereocenters. The Morgan fingerprint density at radius 1 is 1.58 bits per heavy atom. The first-order valence-corrected chi connectivity index (χ1v) is 6.28. The summed E-state index contributed by atoms with van der Waals surface area (Å²) in [4.78, 5) is 28.0. The van der Waals surface area contributed by atoms with Gasteiger partial charge in [-0.25, -0.2) is 4.79 Å². The summed E-state index contributed by atoms with van der Waals surface area (Å²) >= 11 is 0. The molecule has 0 radical (unpaired) electrons. The maximum absolute atomic E-state index is 11.8. The summed E-state index contributed by atoms with van der Waals surface area (Å²) in [7, 11) is 0. The van der Waals surface area contributed by atoms with Crippen LogP contribution in [0.1, 0.15) is 18.4 Å². The van der Waals surface area contributed by atoms with E-state index in [1.54, 1.807) is 17.3 Å². The summed E-state index contributed by atoms with van der Waals surface area (Å²) in [6, 6.07) is 3.65. The minimum absolute atomic E-state index is 0.101. The van der Waals surface area contributed by atoms with Gasteiger partial charge in [0.1, 0.15) is 0 Å². The number of hydrogen-bond donors (Lipinski definition) is 2. The van der Waals surface area contributed by atoms with Crippen LogP contribution in [0.3, 0.4) is 0 Å². The van der Waals surface area contributed by atoms with Gasteiger partial charge >= 0.3 is 12.0 Å². The number of pyridine rings is 1. The van der Waals surface area contributed by atoms with E-state index in [1.165, 1.54) is 0 Å². The predicted molar refractivity (Wildman–Crippen MR) is 68.4 cm³/mol. The number of amides is 2. The summed E-state index contributed by atoms with van der Waals surface area (Å²) in [6.07, 6.45) is 4.14. The van der Waals surface area contributed by atoms with Crippen LogP contribution in [0.15, 0.2) is 24.5 Å². The van der Waals surface area contributed by atoms with Crippen molar-refractivity contribution in [3.05, 3.63) is 30.1 Å². The molecular formula is C13H17N3O3. The summed E-state index contributed by atoms with van der Waals surface area (Å²) in [5.74, 6) is -0.610. The normalized spacial score (nSPS) is 19.1. The van der Waals surface area contributed by atoms with Crippen molar-refractivity contribution in [3.8, 4) is 0 Å². The second-order valence-corrected chi connectivity index (χ2v) is 4.73. The Labute approximate surface area is 111 Å². The van der Waals surface area contributed by atoms with Crippen molar-refractivity contribution in [2.45, 2.75) is 19.4 Å². The smallest absolute Gasteiger partial charge is 0.317 e. The van der Waals surface area contributed by atoms with Gasteiger partial charge in [0.2, 0.25) is 0 Å². The number of nitrogens with zero attached hydrogens (tertiary/aromatic N) is 2. The maximum Gasteiger partial charge on any atom is 0.317 e. The van der Waals surface area contributed by atoms with Crippen molar-refractivity contribution < 1.29 is 14.7 Å². The first kappa shape index (κ1) is 13.3. The molecular weight excluding hydrogens is 246 g/mol. The number of urea groups is 1. The van der Waals surface area contributed by atoms with Gasteiger partial charge in [-0.3, -0.25) is 9.78 Å². The first-order chi connectivity index (χ1) is 9.15. The van der Waals surface area contributed by atoms with Crippen LogP contribution in [0.25, 0.3) is 0 Å². The Kier molecular flexibility index (Phi) is 4.33. The topological polar surface area (TPSA) is 82.5 Å². The van der Waals surface area contributed by atoms with Crippen LogP contribution in [0.2, 0.25) is 0 Å². The third kappa shape index (κ3) is 3.94. The highest BCUT2D eigenvalue weighted by molar-refractivity contribution is 5.75. The molecule has 2 rings (SSSR count). The number of aromatic nitrogens is 1. The number of carbonyl (C=O) groups is 2. The standard InChI is InChI=1S/C13H17N3O3/c17-12(18)4-3-11-7-15-13(19)16(9-11)8-10-2-1-5-14-6-10/h1-2,5-6,11H,3-4,7-9H2,(H,15,19)(H,17,18). The van der Waals surface area contributed by atoms with Crippen molar-refractivity contribution >= 4 is 12.0 Å². The Bertz CT molecular complexity index is 450. The molecule has 1 aromatic heterocycles. The van der Waals surface area contributed by atoms with E-state index >= 15 is 0 Å². The van der Waals surface area contributed by atoms with E-state index in [2.05, 4.69) is 10.3 Å². The summed E-state index contributed by atoms with van der Waals surface area (Å²) in [5, 5.41) is 11.5. The zero-order valence-corrected chi connectivity index (χ0v) is 10.6. The van der Waals surface area contributed by atoms with Crippen molar-refractivity contribution in [1.29, 1.82) is 0 Å². The lowest BCUT2D eigenvalue weighted by molar-refractivity contribution is -0.137. The maximum atomic E-state index is 11.8. The van der Waals surface area contributed by atoms with Crippen LogP contribution in [-0.4, -0.2) is 40.1 Å². The number of rotatable bonds is 5. The van der Waals surface area contributed by atoms with Gasteiger partial charge < -0.3 is 15.3 Å². The molecule has 1 unspecified atom stereocenters. The lowest BCUT2D eigenvalue weighted by Crippen LogP contribution is -2.50.